The van der Waals surface area contributed by atoms with E-state index in [2.05, 4.69) is 191 Å². The molecule has 0 aliphatic rings. The van der Waals surface area contributed by atoms with Gasteiger partial charge in [-0.1, -0.05) is 127 Å². The van der Waals surface area contributed by atoms with Crippen molar-refractivity contribution in [1.82, 2.24) is 4.57 Å². The molecule has 0 saturated heterocycles. The number of hydrogen-bond donors (Lipinski definition) is 0. The summed E-state index contributed by atoms with van der Waals surface area (Å²) in [7, 11) is 0. The van der Waals surface area contributed by atoms with Gasteiger partial charge in [-0.25, -0.2) is 0 Å². The van der Waals surface area contributed by atoms with E-state index < -0.39 is 0 Å². The fourth-order valence-corrected chi connectivity index (χ4v) is 8.12. The first-order chi connectivity index (χ1) is 26.8. The van der Waals surface area contributed by atoms with E-state index in [0.29, 0.717) is 0 Å². The van der Waals surface area contributed by atoms with Crippen LogP contribution in [0.5, 0.6) is 0 Å². The van der Waals surface area contributed by atoms with E-state index >= 15 is 0 Å². The Morgan fingerprint density at radius 3 is 1.74 bits per heavy atom. The van der Waals surface area contributed by atoms with Crippen molar-refractivity contribution in [2.24, 2.45) is 0 Å². The third kappa shape index (κ3) is 4.70. The first kappa shape index (κ1) is 30.3. The second-order valence-electron chi connectivity index (χ2n) is 13.7. The van der Waals surface area contributed by atoms with Crippen LogP contribution in [0.2, 0.25) is 0 Å². The number of benzene rings is 8. The fourth-order valence-electron chi connectivity index (χ4n) is 8.12. The van der Waals surface area contributed by atoms with Crippen molar-refractivity contribution in [2.75, 3.05) is 4.90 Å². The summed E-state index contributed by atoms with van der Waals surface area (Å²) in [5.74, 6) is 0. The van der Waals surface area contributed by atoms with Crippen molar-refractivity contribution in [2.45, 2.75) is 0 Å². The van der Waals surface area contributed by atoms with Gasteiger partial charge in [0.2, 0.25) is 0 Å². The molecule has 0 aliphatic heterocycles. The average Bonchev–Trinajstić information content (AvgIpc) is 3.92. The standard InChI is InChI=1S/C50H32N2O2/c1-3-13-33(14-4-1)34-25-29-37(30-26-34)51(45-23-12-20-41-40-17-8-10-24-46(40)53-49(41)45)38-31-27-35(28-32-38)39-19-11-21-43-47-50(54-48(39)43)42-18-7-9-22-44(42)52(47)36-15-5-2-6-16-36/h1-32H. The third-order valence-corrected chi connectivity index (χ3v) is 10.6. The molecule has 4 nitrogen and oxygen atoms in total. The maximum absolute atomic E-state index is 6.85. The highest BCUT2D eigenvalue weighted by molar-refractivity contribution is 6.18. The van der Waals surface area contributed by atoms with Crippen molar-refractivity contribution in [3.63, 3.8) is 0 Å². The number of anilines is 3. The molecular formula is C50H32N2O2. The van der Waals surface area contributed by atoms with E-state index in [-0.39, 0.29) is 0 Å². The lowest BCUT2D eigenvalue weighted by Crippen LogP contribution is -2.10. The molecule has 0 N–H and O–H groups in total. The summed E-state index contributed by atoms with van der Waals surface area (Å²) in [4.78, 5) is 2.29. The van der Waals surface area contributed by atoms with Gasteiger partial charge in [-0.2, -0.15) is 0 Å². The van der Waals surface area contributed by atoms with Crippen LogP contribution in [-0.2, 0) is 0 Å². The van der Waals surface area contributed by atoms with Crippen LogP contribution in [0.4, 0.5) is 17.1 Å². The minimum atomic E-state index is 0.855. The lowest BCUT2D eigenvalue weighted by atomic mass is 10.0. The second-order valence-corrected chi connectivity index (χ2v) is 13.7. The largest absolute Gasteiger partial charge is 0.454 e. The predicted octanol–water partition coefficient (Wildman–Crippen LogP) is 14.2. The zero-order valence-corrected chi connectivity index (χ0v) is 29.2. The van der Waals surface area contributed by atoms with Crippen LogP contribution in [-0.4, -0.2) is 4.57 Å². The zero-order chi connectivity index (χ0) is 35.6. The normalized spacial score (nSPS) is 11.7. The molecule has 0 unspecified atom stereocenters. The first-order valence-electron chi connectivity index (χ1n) is 18.3. The average molecular weight is 693 g/mol. The summed E-state index contributed by atoms with van der Waals surface area (Å²) in [6, 6.07) is 68.2. The SMILES string of the molecule is c1ccc(-c2ccc(N(c3ccc(-c4cccc5c4oc4c6ccccc6n(-c6ccccc6)c54)cc3)c3cccc4c3oc3ccccc34)cc2)cc1. The van der Waals surface area contributed by atoms with E-state index in [1.807, 2.05) is 12.1 Å². The summed E-state index contributed by atoms with van der Waals surface area (Å²) in [5.41, 5.74) is 14.4. The molecule has 3 heterocycles. The number of furan rings is 2. The van der Waals surface area contributed by atoms with Gasteiger partial charge in [-0.05, 0) is 83.4 Å². The van der Waals surface area contributed by atoms with Gasteiger partial charge in [-0.3, -0.25) is 0 Å². The molecule has 0 bridgehead atoms. The van der Waals surface area contributed by atoms with E-state index in [4.69, 9.17) is 8.83 Å². The third-order valence-electron chi connectivity index (χ3n) is 10.6. The van der Waals surface area contributed by atoms with Gasteiger partial charge in [0.1, 0.15) is 16.7 Å². The number of fused-ring (bicyclic) bond motifs is 8. The molecule has 11 rings (SSSR count). The minimum Gasteiger partial charge on any atom is -0.454 e. The Bertz CT molecular complexity index is 3130. The van der Waals surface area contributed by atoms with Gasteiger partial charge in [0.05, 0.1) is 11.2 Å². The van der Waals surface area contributed by atoms with Crippen molar-refractivity contribution < 1.29 is 8.83 Å². The smallest absolute Gasteiger partial charge is 0.161 e. The monoisotopic (exact) mass is 692 g/mol. The first-order valence-corrected chi connectivity index (χ1v) is 18.3. The Balaban J connectivity index is 1.06. The Hall–Kier alpha value is -7.30. The van der Waals surface area contributed by atoms with Crippen molar-refractivity contribution >= 4 is 72.0 Å². The summed E-state index contributed by atoms with van der Waals surface area (Å²) in [6.45, 7) is 0. The summed E-state index contributed by atoms with van der Waals surface area (Å²) < 4.78 is 15.8. The molecule has 8 aromatic carbocycles. The van der Waals surface area contributed by atoms with E-state index in [1.165, 1.54) is 11.1 Å². The highest BCUT2D eigenvalue weighted by Gasteiger charge is 2.22. The summed E-state index contributed by atoms with van der Waals surface area (Å²) >= 11 is 0. The molecule has 0 fully saturated rings. The minimum absolute atomic E-state index is 0.855. The van der Waals surface area contributed by atoms with Crippen LogP contribution in [0.15, 0.2) is 203 Å². The fraction of sp³-hybridized carbons (Fsp3) is 0. The zero-order valence-electron chi connectivity index (χ0n) is 29.2. The lowest BCUT2D eigenvalue weighted by molar-refractivity contribution is 0.669. The van der Waals surface area contributed by atoms with Gasteiger partial charge in [0.25, 0.3) is 0 Å². The van der Waals surface area contributed by atoms with Gasteiger partial charge < -0.3 is 18.3 Å². The number of aromatic nitrogens is 1. The molecule has 0 saturated carbocycles. The van der Waals surface area contributed by atoms with Gasteiger partial charge in [0, 0.05) is 44.2 Å². The number of hydrogen-bond acceptors (Lipinski definition) is 3. The van der Waals surface area contributed by atoms with E-state index in [9.17, 15) is 0 Å². The molecule has 11 aromatic rings. The van der Waals surface area contributed by atoms with Crippen LogP contribution in [0.25, 0.3) is 82.9 Å². The van der Waals surface area contributed by atoms with Crippen LogP contribution in [0.3, 0.4) is 0 Å². The Morgan fingerprint density at radius 2 is 0.963 bits per heavy atom. The van der Waals surface area contributed by atoms with Crippen LogP contribution in [0, 0.1) is 0 Å². The quantitative estimate of drug-likeness (QED) is 0.174. The molecule has 0 atom stereocenters. The molecule has 3 aromatic heterocycles. The Morgan fingerprint density at radius 1 is 0.370 bits per heavy atom. The maximum Gasteiger partial charge on any atom is 0.161 e. The number of rotatable bonds is 6. The van der Waals surface area contributed by atoms with Gasteiger partial charge in [0.15, 0.2) is 11.2 Å². The van der Waals surface area contributed by atoms with Crippen LogP contribution >= 0.6 is 0 Å². The van der Waals surface area contributed by atoms with Crippen LogP contribution < -0.4 is 4.90 Å². The van der Waals surface area contributed by atoms with Crippen molar-refractivity contribution in [1.29, 1.82) is 0 Å². The lowest BCUT2D eigenvalue weighted by Gasteiger charge is -2.26. The predicted molar refractivity (Wildman–Crippen MR) is 223 cm³/mol. The Labute approximate surface area is 311 Å². The van der Waals surface area contributed by atoms with Gasteiger partial charge in [-0.15, -0.1) is 0 Å². The summed E-state index contributed by atoms with van der Waals surface area (Å²) in [6.07, 6.45) is 0. The van der Waals surface area contributed by atoms with E-state index in [1.54, 1.807) is 0 Å². The molecule has 4 heteroatoms. The highest BCUT2D eigenvalue weighted by atomic mass is 16.3. The topological polar surface area (TPSA) is 34.5 Å². The number of nitrogens with zero attached hydrogens (tertiary/aromatic N) is 2. The second kappa shape index (κ2) is 12.1. The molecule has 0 aliphatic carbocycles. The van der Waals surface area contributed by atoms with Crippen molar-refractivity contribution in [3.05, 3.63) is 194 Å². The van der Waals surface area contributed by atoms with Crippen LogP contribution in [0.1, 0.15) is 0 Å². The molecule has 0 amide bonds. The molecule has 54 heavy (non-hydrogen) atoms. The van der Waals surface area contributed by atoms with E-state index in [0.717, 1.165) is 88.8 Å². The number of para-hydroxylation sites is 5. The Kier molecular flexibility index (Phi) is 6.82. The molecule has 0 radical (unpaired) electrons. The highest BCUT2D eigenvalue weighted by Crippen LogP contribution is 2.45. The molecule has 254 valence electrons. The maximum atomic E-state index is 6.85. The van der Waals surface area contributed by atoms with Gasteiger partial charge >= 0.3 is 0 Å². The molecular weight excluding hydrogens is 661 g/mol. The summed E-state index contributed by atoms with van der Waals surface area (Å²) in [5, 5.41) is 4.39. The molecule has 0 spiro atoms. The van der Waals surface area contributed by atoms with Crippen molar-refractivity contribution in [3.8, 4) is 27.9 Å².